The van der Waals surface area contributed by atoms with Crippen molar-refractivity contribution in [2.75, 3.05) is 0 Å². The van der Waals surface area contributed by atoms with E-state index in [-0.39, 0.29) is 21.1 Å². The third-order valence-corrected chi connectivity index (χ3v) is 3.45. The molecule has 0 rings (SSSR count). The Bertz CT molecular complexity index is 321. The van der Waals surface area contributed by atoms with Crippen molar-refractivity contribution in [2.24, 2.45) is 0 Å². The van der Waals surface area contributed by atoms with Crippen LogP contribution in [0.1, 0.15) is 39.5 Å². The van der Waals surface area contributed by atoms with E-state index in [1.807, 2.05) is 0 Å². The second-order valence-corrected chi connectivity index (χ2v) is 4.76. The standard InChI is InChI=1S/2C4H6O4.C4H7.K.Mo/c2*5-3(6)1-2-4(7)8;1-4(2)3;;/h2*1-2H2,(H,5,6)(H,7,8);1H,2-3H3;;/q;;;;+4/p-4. The minimum atomic E-state index is -1.37. The summed E-state index contributed by atoms with van der Waals surface area (Å²) in [5, 5.41) is 38.0. The van der Waals surface area contributed by atoms with Crippen LogP contribution in [0.3, 0.4) is 0 Å². The Hall–Kier alpha value is -0.0553. The molecule has 0 heterocycles. The monoisotopic (exact) mass is 424 g/mol. The van der Waals surface area contributed by atoms with Crippen LogP contribution < -0.4 is 20.4 Å². The van der Waals surface area contributed by atoms with Crippen molar-refractivity contribution in [3.63, 3.8) is 0 Å². The van der Waals surface area contributed by atoms with E-state index in [4.69, 9.17) is 0 Å². The molecule has 8 nitrogen and oxygen atoms in total. The van der Waals surface area contributed by atoms with Crippen molar-refractivity contribution < 1.29 is 60.7 Å². The fourth-order valence-corrected chi connectivity index (χ4v) is 0.408. The summed E-state index contributed by atoms with van der Waals surface area (Å²) in [7, 11) is 0. The first kappa shape index (κ1) is 29.9. The molecule has 0 N–H and O–H groups in total. The Labute approximate surface area is 176 Å². The maximum Gasteiger partial charge on any atom is 4.00 e. The molecule has 0 unspecified atom stereocenters. The van der Waals surface area contributed by atoms with Gasteiger partial charge in [-0.15, -0.1) is 0 Å². The predicted octanol–water partition coefficient (Wildman–Crippen LogP) is -4.39. The summed E-state index contributed by atoms with van der Waals surface area (Å²) in [4.78, 5) is 38.0. The number of carbonyl (C=O) groups is 4. The quantitative estimate of drug-likeness (QED) is 0.388. The topological polar surface area (TPSA) is 161 Å². The molecule has 118 valence electrons. The number of hydrogen-bond acceptors (Lipinski definition) is 8. The van der Waals surface area contributed by atoms with E-state index in [0.29, 0.717) is 0 Å². The fourth-order valence-electron chi connectivity index (χ4n) is 0.408. The fraction of sp³-hybridized carbons (Fsp3) is 0.500. The van der Waals surface area contributed by atoms with Gasteiger partial charge in [0.25, 0.3) is 0 Å². The molecule has 10 heteroatoms. The first-order valence-electron chi connectivity index (χ1n) is 5.91. The zero-order valence-corrected chi connectivity index (χ0v) is 17.7. The molecule has 0 saturated heterocycles. The number of aliphatic carboxylic acids is 4. The van der Waals surface area contributed by atoms with E-state index in [2.05, 4.69) is 14.0 Å². The van der Waals surface area contributed by atoms with Crippen molar-refractivity contribution in [3.05, 3.63) is 5.74 Å². The van der Waals surface area contributed by atoms with Crippen LogP contribution in [0.15, 0.2) is 5.74 Å². The van der Waals surface area contributed by atoms with Crippen LogP contribution in [0.2, 0.25) is 0 Å². The molecule has 0 aromatic heterocycles. The Morgan fingerprint density at radius 1 is 0.727 bits per heavy atom. The van der Waals surface area contributed by atoms with Crippen molar-refractivity contribution in [2.45, 2.75) is 39.5 Å². The summed E-state index contributed by atoms with van der Waals surface area (Å²) < 4.78 is 2.27. The van der Waals surface area contributed by atoms with Crippen LogP contribution in [0, 0.1) is 0 Å². The van der Waals surface area contributed by atoms with Crippen LogP contribution in [-0.2, 0) is 40.2 Å². The second-order valence-electron chi connectivity index (χ2n) is 3.85. The number of carbonyl (C=O) groups excluding carboxylic acids is 4. The summed E-state index contributed by atoms with van der Waals surface area (Å²) in [6, 6.07) is 0. The van der Waals surface area contributed by atoms with E-state index in [1.165, 1.54) is 5.57 Å². The molecule has 22 heavy (non-hydrogen) atoms. The minimum Gasteiger partial charge on any atom is -0.550 e. The Morgan fingerprint density at radius 3 is 0.909 bits per heavy atom. The van der Waals surface area contributed by atoms with Crippen LogP contribution in [0.25, 0.3) is 0 Å². The van der Waals surface area contributed by atoms with Crippen LogP contribution >= 0.6 is 0 Å². The van der Waals surface area contributed by atoms with Crippen molar-refractivity contribution in [3.8, 4) is 0 Å². The summed E-state index contributed by atoms with van der Waals surface area (Å²) in [5.41, 5.74) is 1.46. The molecule has 0 aliphatic rings. The van der Waals surface area contributed by atoms with E-state index >= 15 is 0 Å². The van der Waals surface area contributed by atoms with Crippen molar-refractivity contribution in [1.29, 1.82) is 0 Å². The summed E-state index contributed by atoms with van der Waals surface area (Å²) >= 11 is 0.922. The number of carboxylic acid groups (broad SMARTS) is 4. The molecule has 0 atom stereocenters. The van der Waals surface area contributed by atoms with Gasteiger partial charge in [0.2, 0.25) is 0 Å². The summed E-state index contributed by atoms with van der Waals surface area (Å²) in [6.07, 6.45) is -1.88. The van der Waals surface area contributed by atoms with Gasteiger partial charge >= 0.3 is 89.6 Å². The summed E-state index contributed by atoms with van der Waals surface area (Å²) in [5.74, 6) is -5.47. The average molecular weight is 422 g/mol. The first-order valence-corrected chi connectivity index (χ1v) is 7.72. The largest absolute Gasteiger partial charge is 4.00 e. The van der Waals surface area contributed by atoms with Gasteiger partial charge in [0.05, 0.1) is 0 Å². The average Bonchev–Trinajstić information content (AvgIpc) is 2.35. The first-order chi connectivity index (χ1) is 9.52. The molecule has 0 spiro atoms. The van der Waals surface area contributed by atoms with Crippen LogP contribution in [0.5, 0.6) is 0 Å². The molecule has 0 radical (unpaired) electrons. The van der Waals surface area contributed by atoms with Gasteiger partial charge in [-0.1, -0.05) is 0 Å². The van der Waals surface area contributed by atoms with Crippen LogP contribution in [0.4, 0.5) is 0 Å². The van der Waals surface area contributed by atoms with E-state index in [1.54, 1.807) is 0 Å². The van der Waals surface area contributed by atoms with Gasteiger partial charge in [0, 0.05) is 23.9 Å². The minimum absolute atomic E-state index is 0. The second kappa shape index (κ2) is 20.9. The van der Waals surface area contributed by atoms with E-state index in [0.717, 1.165) is 49.0 Å². The number of allylic oxidation sites excluding steroid dienone is 1. The molecule has 0 bridgehead atoms. The van der Waals surface area contributed by atoms with Gasteiger partial charge in [0.1, 0.15) is 0 Å². The molecular formula is C12H15KMoO8. The Morgan fingerprint density at radius 2 is 0.864 bits per heavy atom. The van der Waals surface area contributed by atoms with Gasteiger partial charge in [-0.25, -0.2) is 0 Å². The van der Waals surface area contributed by atoms with E-state index in [9.17, 15) is 39.6 Å². The molecule has 0 aliphatic carbocycles. The van der Waals surface area contributed by atoms with Gasteiger partial charge in [-0.05, 0) is 25.7 Å². The van der Waals surface area contributed by atoms with Gasteiger partial charge in [-0.3, -0.25) is 0 Å². The molecule has 0 aromatic carbocycles. The van der Waals surface area contributed by atoms with E-state index < -0.39 is 49.6 Å². The molecule has 0 fully saturated rings. The number of carboxylic acids is 4. The molecule has 0 aromatic rings. The van der Waals surface area contributed by atoms with Gasteiger partial charge in [-0.2, -0.15) is 0 Å². The molecule has 0 saturated carbocycles. The third-order valence-electron chi connectivity index (χ3n) is 1.64. The molecular weight excluding hydrogens is 407 g/mol. The van der Waals surface area contributed by atoms with Gasteiger partial charge in [0.15, 0.2) is 0 Å². The number of hydrogen-bond donors (Lipinski definition) is 0. The zero-order chi connectivity index (χ0) is 17.4. The third kappa shape index (κ3) is 50.2. The smallest absolute Gasteiger partial charge is 0.550 e. The van der Waals surface area contributed by atoms with Crippen molar-refractivity contribution >= 4 is 72.8 Å². The summed E-state index contributed by atoms with van der Waals surface area (Å²) in [6.45, 7) is 4.26. The van der Waals surface area contributed by atoms with Crippen molar-refractivity contribution in [1.82, 2.24) is 0 Å². The molecule has 0 aliphatic heterocycles. The molecule has 0 amide bonds. The predicted molar refractivity (Wildman–Crippen MR) is 63.7 cm³/mol. The Kier molecular flexibility index (Phi) is 28.5. The maximum atomic E-state index is 9.50. The Balaban J connectivity index is -0.000000111. The van der Waals surface area contributed by atoms with Gasteiger partial charge < -0.3 is 39.6 Å². The maximum absolute atomic E-state index is 9.50. The SMILES string of the molecule is CC(C)=[CH][K].O=C([O-])CCC(=O)[O-].O=C([O-])CCC(=O)[O-].[Mo+4]. The zero-order valence-electron chi connectivity index (χ0n) is 12.6. The van der Waals surface area contributed by atoms with Crippen LogP contribution in [-0.4, -0.2) is 72.8 Å². The number of rotatable bonds is 6. The normalized spacial score (nSPS) is 7.82.